The zero-order valence-corrected chi connectivity index (χ0v) is 17.4. The van der Waals surface area contributed by atoms with Crippen molar-refractivity contribution in [2.75, 3.05) is 68.2 Å². The molecule has 1 N–H and O–H groups in total. The van der Waals surface area contributed by atoms with Crippen LogP contribution < -0.4 is 19.4 Å². The van der Waals surface area contributed by atoms with Crippen molar-refractivity contribution >= 4 is 33.8 Å². The number of hydrogen-bond donors (Lipinski definition) is 1. The number of fused-ring (bicyclic) bond motifs is 1. The van der Waals surface area contributed by atoms with Crippen LogP contribution in [-0.4, -0.2) is 73.8 Å². The number of aromatic nitrogens is 2. The summed E-state index contributed by atoms with van der Waals surface area (Å²) in [5, 5.41) is 28.8. The number of nitro benzene ring substituents is 1. The maximum Gasteiger partial charge on any atom is 0.323 e. The van der Waals surface area contributed by atoms with Crippen molar-refractivity contribution in [3.63, 3.8) is 0 Å². The number of piperazine rings is 1. The van der Waals surface area contributed by atoms with E-state index in [1.165, 1.54) is 0 Å². The van der Waals surface area contributed by atoms with Crippen LogP contribution in [0.3, 0.4) is 0 Å². The molecule has 0 spiro atoms. The third-order valence-corrected chi connectivity index (χ3v) is 5.56. The molecule has 3 aromatic rings. The number of benzene rings is 2. The van der Waals surface area contributed by atoms with Gasteiger partial charge in [-0.2, -0.15) is 0 Å². The Hall–Kier alpha value is -3.60. The molecule has 1 aliphatic heterocycles. The van der Waals surface area contributed by atoms with Crippen molar-refractivity contribution in [3.05, 3.63) is 40.4 Å². The normalized spacial score (nSPS) is 14.2. The van der Waals surface area contributed by atoms with Gasteiger partial charge in [-0.1, -0.05) is 0 Å². The van der Waals surface area contributed by atoms with Gasteiger partial charge in [-0.25, -0.2) is 4.63 Å². The first kappa shape index (κ1) is 20.7. The molecule has 1 aromatic heterocycles. The van der Waals surface area contributed by atoms with Crippen molar-refractivity contribution in [2.24, 2.45) is 0 Å². The SMILES string of the molecule is COc1ccc(N2CCN(c3cc(N(C)CCO)c([N+](=O)[O-])c4nonc34)CC2)cc1. The van der Waals surface area contributed by atoms with Crippen molar-refractivity contribution < 1.29 is 19.4 Å². The highest BCUT2D eigenvalue weighted by Crippen LogP contribution is 2.40. The van der Waals surface area contributed by atoms with Gasteiger partial charge in [-0.3, -0.25) is 10.1 Å². The first-order valence-electron chi connectivity index (χ1n) is 9.93. The second-order valence-electron chi connectivity index (χ2n) is 7.30. The number of aliphatic hydroxyl groups is 1. The fourth-order valence-electron chi connectivity index (χ4n) is 3.88. The van der Waals surface area contributed by atoms with E-state index in [1.807, 2.05) is 24.3 Å². The Morgan fingerprint density at radius 1 is 1.16 bits per heavy atom. The minimum Gasteiger partial charge on any atom is -0.497 e. The summed E-state index contributed by atoms with van der Waals surface area (Å²) < 4.78 is 10.1. The molecule has 0 aliphatic carbocycles. The fraction of sp³-hybridized carbons (Fsp3) is 0.400. The highest BCUT2D eigenvalue weighted by atomic mass is 16.6. The molecular weight excluding hydrogens is 404 g/mol. The van der Waals surface area contributed by atoms with E-state index in [0.29, 0.717) is 24.3 Å². The van der Waals surface area contributed by atoms with Crippen molar-refractivity contribution in [2.45, 2.75) is 0 Å². The average molecular weight is 428 g/mol. The maximum atomic E-state index is 11.8. The molecule has 0 radical (unpaired) electrons. The van der Waals surface area contributed by atoms with E-state index in [1.54, 1.807) is 25.1 Å². The molecule has 0 saturated carbocycles. The lowest BCUT2D eigenvalue weighted by molar-refractivity contribution is -0.382. The Labute approximate surface area is 178 Å². The zero-order chi connectivity index (χ0) is 22.0. The number of anilines is 3. The first-order valence-corrected chi connectivity index (χ1v) is 9.93. The van der Waals surface area contributed by atoms with E-state index in [0.717, 1.165) is 30.2 Å². The van der Waals surface area contributed by atoms with Crippen LogP contribution in [0.15, 0.2) is 35.0 Å². The van der Waals surface area contributed by atoms with E-state index in [-0.39, 0.29) is 24.4 Å². The van der Waals surface area contributed by atoms with Gasteiger partial charge in [-0.15, -0.1) is 0 Å². The average Bonchev–Trinajstić information content (AvgIpc) is 3.28. The second-order valence-corrected chi connectivity index (χ2v) is 7.30. The van der Waals surface area contributed by atoms with Crippen LogP contribution in [0.25, 0.3) is 11.0 Å². The minimum absolute atomic E-state index is 0.111. The number of aliphatic hydroxyl groups excluding tert-OH is 1. The molecule has 31 heavy (non-hydrogen) atoms. The zero-order valence-electron chi connectivity index (χ0n) is 17.4. The molecule has 1 fully saturated rings. The van der Waals surface area contributed by atoms with Gasteiger partial charge in [0.15, 0.2) is 5.52 Å². The molecule has 11 heteroatoms. The number of likely N-dealkylation sites (N-methyl/N-ethyl adjacent to an activating group) is 1. The Kier molecular flexibility index (Phi) is 5.76. The highest BCUT2D eigenvalue weighted by molar-refractivity contribution is 6.00. The highest BCUT2D eigenvalue weighted by Gasteiger charge is 2.30. The molecule has 1 saturated heterocycles. The summed E-state index contributed by atoms with van der Waals surface area (Å²) in [7, 11) is 3.34. The number of methoxy groups -OCH3 is 1. The van der Waals surface area contributed by atoms with E-state index in [2.05, 4.69) is 20.1 Å². The molecule has 11 nitrogen and oxygen atoms in total. The van der Waals surface area contributed by atoms with Gasteiger partial charge in [0.2, 0.25) is 5.52 Å². The van der Waals surface area contributed by atoms with Crippen LogP contribution in [0.5, 0.6) is 5.75 Å². The third kappa shape index (κ3) is 3.91. The standard InChI is InChI=1S/C20H24N6O5/c1-23(11-12-27)17-13-16(18-19(22-31-21-18)20(17)26(28)29)25-9-7-24(8-10-25)14-3-5-15(30-2)6-4-14/h3-6,13,27H,7-12H2,1-2H3. The van der Waals surface area contributed by atoms with Crippen molar-refractivity contribution in [1.82, 2.24) is 10.3 Å². The molecule has 0 bridgehead atoms. The lowest BCUT2D eigenvalue weighted by atomic mass is 10.1. The Balaban J connectivity index is 1.63. The fourth-order valence-corrected chi connectivity index (χ4v) is 3.88. The lowest BCUT2D eigenvalue weighted by Gasteiger charge is -2.37. The quantitative estimate of drug-likeness (QED) is 0.441. The van der Waals surface area contributed by atoms with E-state index >= 15 is 0 Å². The molecule has 2 aromatic carbocycles. The summed E-state index contributed by atoms with van der Waals surface area (Å²) in [5.41, 5.74) is 2.52. The Morgan fingerprint density at radius 3 is 2.42 bits per heavy atom. The van der Waals surface area contributed by atoms with Gasteiger partial charge in [0, 0.05) is 45.5 Å². The summed E-state index contributed by atoms with van der Waals surface area (Å²) in [6.07, 6.45) is 0. The summed E-state index contributed by atoms with van der Waals surface area (Å²) in [4.78, 5) is 17.3. The molecule has 2 heterocycles. The van der Waals surface area contributed by atoms with Gasteiger partial charge < -0.3 is 24.5 Å². The van der Waals surface area contributed by atoms with E-state index < -0.39 is 4.92 Å². The number of hydrogen-bond acceptors (Lipinski definition) is 10. The van der Waals surface area contributed by atoms with Crippen LogP contribution in [0, 0.1) is 10.1 Å². The monoisotopic (exact) mass is 428 g/mol. The number of ether oxygens (including phenoxy) is 1. The molecule has 4 rings (SSSR count). The molecule has 1 aliphatic rings. The maximum absolute atomic E-state index is 11.8. The third-order valence-electron chi connectivity index (χ3n) is 5.56. The largest absolute Gasteiger partial charge is 0.497 e. The van der Waals surface area contributed by atoms with Crippen LogP contribution in [0.2, 0.25) is 0 Å². The van der Waals surface area contributed by atoms with Gasteiger partial charge in [-0.05, 0) is 40.6 Å². The summed E-state index contributed by atoms with van der Waals surface area (Å²) in [6.45, 7) is 3.08. The number of nitro groups is 1. The Morgan fingerprint density at radius 2 is 1.81 bits per heavy atom. The predicted molar refractivity (Wildman–Crippen MR) is 116 cm³/mol. The van der Waals surface area contributed by atoms with Gasteiger partial charge >= 0.3 is 5.69 Å². The van der Waals surface area contributed by atoms with Crippen LogP contribution in [0.1, 0.15) is 0 Å². The van der Waals surface area contributed by atoms with E-state index in [9.17, 15) is 15.2 Å². The number of nitrogens with zero attached hydrogens (tertiary/aromatic N) is 6. The summed E-state index contributed by atoms with van der Waals surface area (Å²) in [5.74, 6) is 0.814. The van der Waals surface area contributed by atoms with Gasteiger partial charge in [0.05, 0.1) is 24.3 Å². The molecule has 0 unspecified atom stereocenters. The minimum atomic E-state index is -0.485. The van der Waals surface area contributed by atoms with Gasteiger partial charge in [0.1, 0.15) is 11.4 Å². The predicted octanol–water partition coefficient (Wildman–Crippen LogP) is 1.89. The molecule has 0 atom stereocenters. The lowest BCUT2D eigenvalue weighted by Crippen LogP contribution is -2.46. The smallest absolute Gasteiger partial charge is 0.323 e. The first-order chi connectivity index (χ1) is 15.0. The van der Waals surface area contributed by atoms with Gasteiger partial charge in [0.25, 0.3) is 0 Å². The summed E-state index contributed by atoms with van der Waals surface area (Å²) in [6, 6.07) is 9.67. The Bertz CT molecular complexity index is 1060. The van der Waals surface area contributed by atoms with Crippen LogP contribution in [-0.2, 0) is 0 Å². The van der Waals surface area contributed by atoms with Crippen molar-refractivity contribution in [1.29, 1.82) is 0 Å². The van der Waals surface area contributed by atoms with E-state index in [4.69, 9.17) is 9.37 Å². The van der Waals surface area contributed by atoms with Crippen molar-refractivity contribution in [3.8, 4) is 5.75 Å². The molecular formula is C20H24N6O5. The molecule has 164 valence electrons. The molecule has 0 amide bonds. The van der Waals surface area contributed by atoms with Crippen LogP contribution in [0.4, 0.5) is 22.7 Å². The second kappa shape index (κ2) is 8.64. The topological polar surface area (TPSA) is 121 Å². The summed E-state index contributed by atoms with van der Waals surface area (Å²) >= 11 is 0. The number of rotatable bonds is 7. The van der Waals surface area contributed by atoms with Crippen LogP contribution >= 0.6 is 0 Å².